The van der Waals surface area contributed by atoms with Crippen LogP contribution in [0.25, 0.3) is 32.3 Å². The first-order valence-corrected chi connectivity index (χ1v) is 10.6. The Morgan fingerprint density at radius 3 is 2.13 bits per heavy atom. The molecular weight excluding hydrogens is 368 g/mol. The van der Waals surface area contributed by atoms with Gasteiger partial charge in [0.05, 0.1) is 5.56 Å². The van der Waals surface area contributed by atoms with Crippen molar-refractivity contribution in [1.82, 2.24) is 0 Å². The van der Waals surface area contributed by atoms with Gasteiger partial charge in [0.25, 0.3) is 0 Å². The van der Waals surface area contributed by atoms with E-state index in [4.69, 9.17) is 4.74 Å². The van der Waals surface area contributed by atoms with Crippen molar-refractivity contribution in [2.75, 3.05) is 0 Å². The van der Waals surface area contributed by atoms with E-state index < -0.39 is 0 Å². The zero-order valence-electron chi connectivity index (χ0n) is 17.3. The molecule has 5 rings (SSSR count). The van der Waals surface area contributed by atoms with Gasteiger partial charge in [-0.2, -0.15) is 0 Å². The quantitative estimate of drug-likeness (QED) is 0.229. The molecule has 0 fully saturated rings. The molecule has 30 heavy (non-hydrogen) atoms. The van der Waals surface area contributed by atoms with Crippen molar-refractivity contribution in [3.05, 3.63) is 95.6 Å². The third-order valence-electron chi connectivity index (χ3n) is 6.31. The van der Waals surface area contributed by atoms with Crippen molar-refractivity contribution in [2.45, 2.75) is 32.8 Å². The van der Waals surface area contributed by atoms with E-state index in [0.717, 1.165) is 17.4 Å². The zero-order chi connectivity index (χ0) is 20.7. The average molecular weight is 392 g/mol. The van der Waals surface area contributed by atoms with Crippen molar-refractivity contribution >= 4 is 38.3 Å². The Balaban J connectivity index is 1.45. The number of rotatable bonds is 5. The van der Waals surface area contributed by atoms with E-state index in [1.54, 1.807) is 0 Å². The van der Waals surface area contributed by atoms with Gasteiger partial charge in [0, 0.05) is 0 Å². The summed E-state index contributed by atoms with van der Waals surface area (Å²) < 4.78 is 5.69. The van der Waals surface area contributed by atoms with E-state index in [1.807, 2.05) is 24.3 Å². The van der Waals surface area contributed by atoms with Gasteiger partial charge >= 0.3 is 5.97 Å². The number of benzene rings is 5. The van der Waals surface area contributed by atoms with Gasteiger partial charge < -0.3 is 4.74 Å². The summed E-state index contributed by atoms with van der Waals surface area (Å²) in [5.41, 5.74) is 2.88. The van der Waals surface area contributed by atoms with E-state index in [-0.39, 0.29) is 12.6 Å². The first kappa shape index (κ1) is 18.6. The number of ether oxygens (including phenoxy) is 1. The molecule has 5 aromatic carbocycles. The first-order valence-electron chi connectivity index (χ1n) is 10.6. The second-order valence-corrected chi connectivity index (χ2v) is 8.09. The summed E-state index contributed by atoms with van der Waals surface area (Å²) in [7, 11) is 0. The van der Waals surface area contributed by atoms with Crippen LogP contribution in [0.1, 0.15) is 47.7 Å². The Morgan fingerprint density at radius 1 is 0.800 bits per heavy atom. The summed E-state index contributed by atoms with van der Waals surface area (Å²) >= 11 is 0. The number of hydrogen-bond acceptors (Lipinski definition) is 2. The van der Waals surface area contributed by atoms with E-state index in [2.05, 4.69) is 68.4 Å². The van der Waals surface area contributed by atoms with Gasteiger partial charge in [-0.05, 0) is 67.9 Å². The van der Waals surface area contributed by atoms with Gasteiger partial charge in [-0.15, -0.1) is 0 Å². The fraction of sp³-hybridized carbons (Fsp3) is 0.179. The highest BCUT2D eigenvalue weighted by atomic mass is 16.5. The summed E-state index contributed by atoms with van der Waals surface area (Å²) in [4.78, 5) is 12.6. The minimum Gasteiger partial charge on any atom is -0.457 e. The molecule has 0 spiro atoms. The van der Waals surface area contributed by atoms with Crippen LogP contribution in [0.3, 0.4) is 0 Å². The van der Waals surface area contributed by atoms with E-state index in [0.29, 0.717) is 11.5 Å². The maximum atomic E-state index is 12.6. The highest BCUT2D eigenvalue weighted by Gasteiger charge is 2.13. The standard InChI is InChI=1S/C28H24O2/c1-3-18(2)19-7-12-23(13-8-19)28(29)30-17-24-14-11-22-10-9-20-5-4-6-21-15-16-25(24)27(22)26(20)21/h4-16,18H,3,17H2,1-2H3. The molecule has 0 saturated heterocycles. The van der Waals surface area contributed by atoms with Gasteiger partial charge in [0.2, 0.25) is 0 Å². The molecule has 2 heteroatoms. The zero-order valence-corrected chi connectivity index (χ0v) is 17.3. The molecule has 1 atom stereocenters. The average Bonchev–Trinajstić information content (AvgIpc) is 2.81. The summed E-state index contributed by atoms with van der Waals surface area (Å²) in [6.45, 7) is 4.63. The predicted octanol–water partition coefficient (Wildman–Crippen LogP) is 7.45. The van der Waals surface area contributed by atoms with Crippen LogP contribution in [0.15, 0.2) is 78.9 Å². The molecule has 148 valence electrons. The lowest BCUT2D eigenvalue weighted by atomic mass is 9.92. The Kier molecular flexibility index (Phi) is 4.63. The van der Waals surface area contributed by atoms with Crippen LogP contribution >= 0.6 is 0 Å². The van der Waals surface area contributed by atoms with Crippen LogP contribution in [-0.2, 0) is 11.3 Å². The fourth-order valence-electron chi connectivity index (χ4n) is 4.33. The van der Waals surface area contributed by atoms with Crippen molar-refractivity contribution in [2.24, 2.45) is 0 Å². The van der Waals surface area contributed by atoms with Gasteiger partial charge in [-0.25, -0.2) is 4.79 Å². The van der Waals surface area contributed by atoms with E-state index in [9.17, 15) is 4.79 Å². The summed E-state index contributed by atoms with van der Waals surface area (Å²) in [5, 5.41) is 7.36. The molecule has 0 aromatic heterocycles. The molecule has 1 unspecified atom stereocenters. The van der Waals surface area contributed by atoms with Crippen LogP contribution in [0.2, 0.25) is 0 Å². The molecule has 0 bridgehead atoms. The normalized spacial score (nSPS) is 12.6. The topological polar surface area (TPSA) is 26.3 Å². The number of carbonyl (C=O) groups is 1. The molecule has 5 aromatic rings. The smallest absolute Gasteiger partial charge is 0.338 e. The molecule has 0 radical (unpaired) electrons. The highest BCUT2D eigenvalue weighted by Crippen LogP contribution is 2.36. The molecule has 2 nitrogen and oxygen atoms in total. The van der Waals surface area contributed by atoms with Gasteiger partial charge in [-0.1, -0.05) is 80.6 Å². The van der Waals surface area contributed by atoms with Crippen LogP contribution in [0.4, 0.5) is 0 Å². The molecule has 0 aliphatic carbocycles. The predicted molar refractivity (Wildman–Crippen MR) is 124 cm³/mol. The molecule has 0 aliphatic rings. The minimum absolute atomic E-state index is 0.264. The second kappa shape index (κ2) is 7.46. The van der Waals surface area contributed by atoms with Gasteiger partial charge in [0.15, 0.2) is 0 Å². The van der Waals surface area contributed by atoms with Crippen LogP contribution in [-0.4, -0.2) is 5.97 Å². The summed E-state index contributed by atoms with van der Waals surface area (Å²) in [6.07, 6.45) is 1.08. The van der Waals surface area contributed by atoms with Gasteiger partial charge in [0.1, 0.15) is 6.61 Å². The molecule has 0 saturated carbocycles. The molecular formula is C28H24O2. The van der Waals surface area contributed by atoms with Crippen molar-refractivity contribution in [1.29, 1.82) is 0 Å². The minimum atomic E-state index is -0.281. The Morgan fingerprint density at radius 2 is 1.43 bits per heavy atom. The SMILES string of the molecule is CCC(C)c1ccc(C(=O)OCc2ccc3ccc4cccc5ccc2c3c45)cc1. The Bertz CT molecular complexity index is 1330. The molecule has 0 amide bonds. The van der Waals surface area contributed by atoms with E-state index in [1.165, 1.54) is 32.5 Å². The van der Waals surface area contributed by atoms with Crippen LogP contribution < -0.4 is 0 Å². The van der Waals surface area contributed by atoms with Crippen LogP contribution in [0.5, 0.6) is 0 Å². The summed E-state index contributed by atoms with van der Waals surface area (Å²) in [6, 6.07) is 27.0. The molecule has 0 heterocycles. The lowest BCUT2D eigenvalue weighted by Crippen LogP contribution is -2.06. The van der Waals surface area contributed by atoms with Crippen LogP contribution in [0, 0.1) is 0 Å². The third kappa shape index (κ3) is 3.09. The van der Waals surface area contributed by atoms with Gasteiger partial charge in [-0.3, -0.25) is 0 Å². The second-order valence-electron chi connectivity index (χ2n) is 8.09. The first-order chi connectivity index (χ1) is 14.7. The van der Waals surface area contributed by atoms with Crippen molar-refractivity contribution < 1.29 is 9.53 Å². The third-order valence-corrected chi connectivity index (χ3v) is 6.31. The fourth-order valence-corrected chi connectivity index (χ4v) is 4.33. The maximum absolute atomic E-state index is 12.6. The Hall–Kier alpha value is -3.39. The molecule has 0 aliphatic heterocycles. The lowest BCUT2D eigenvalue weighted by molar-refractivity contribution is 0.0474. The molecule has 0 N–H and O–H groups in total. The maximum Gasteiger partial charge on any atom is 0.338 e. The Labute approximate surface area is 176 Å². The largest absolute Gasteiger partial charge is 0.457 e. The number of carbonyl (C=O) groups excluding carboxylic acids is 1. The lowest BCUT2D eigenvalue weighted by Gasteiger charge is -2.14. The summed E-state index contributed by atoms with van der Waals surface area (Å²) in [5.74, 6) is 0.212. The number of esters is 1. The number of hydrogen-bond donors (Lipinski definition) is 0. The van der Waals surface area contributed by atoms with Crippen molar-refractivity contribution in [3.63, 3.8) is 0 Å². The van der Waals surface area contributed by atoms with E-state index >= 15 is 0 Å². The highest BCUT2D eigenvalue weighted by molar-refractivity contribution is 6.23. The monoisotopic (exact) mass is 392 g/mol. The van der Waals surface area contributed by atoms with Crippen molar-refractivity contribution in [3.8, 4) is 0 Å².